The summed E-state index contributed by atoms with van der Waals surface area (Å²) >= 11 is 5.18. The Morgan fingerprint density at radius 3 is 2.28 bits per heavy atom. The van der Waals surface area contributed by atoms with E-state index in [-0.39, 0.29) is 11.9 Å². The van der Waals surface area contributed by atoms with Crippen LogP contribution in [0, 0.1) is 19.7 Å². The lowest BCUT2D eigenvalue weighted by Gasteiger charge is -2.20. The van der Waals surface area contributed by atoms with E-state index in [2.05, 4.69) is 27.3 Å². The molecule has 2 rings (SSSR count). The summed E-state index contributed by atoms with van der Waals surface area (Å²) in [5.74, 6) is -0.170. The van der Waals surface area contributed by atoms with Gasteiger partial charge in [0.2, 0.25) is 0 Å². The van der Waals surface area contributed by atoms with Crippen molar-refractivity contribution in [3.8, 4) is 0 Å². The molecular weight excluding hydrogens is 313 g/mol. The Balaban J connectivity index is 2.51. The van der Waals surface area contributed by atoms with Crippen molar-refractivity contribution in [1.82, 2.24) is 5.32 Å². The van der Waals surface area contributed by atoms with Gasteiger partial charge in [-0.2, -0.15) is 0 Å². The molecule has 1 nitrogen and oxygen atoms in total. The second-order valence-electron chi connectivity index (χ2n) is 4.32. The molecule has 0 amide bonds. The Labute approximate surface area is 119 Å². The third-order valence-electron chi connectivity index (χ3n) is 3.01. The highest BCUT2D eigenvalue weighted by atomic mass is 79.9. The number of rotatable bonds is 3. The quantitative estimate of drug-likeness (QED) is 0.870. The zero-order valence-electron chi connectivity index (χ0n) is 10.6. The van der Waals surface area contributed by atoms with E-state index in [1.807, 2.05) is 27.0 Å². The lowest BCUT2D eigenvalue weighted by Crippen LogP contribution is -2.19. The summed E-state index contributed by atoms with van der Waals surface area (Å²) in [5.41, 5.74) is 3.13. The molecule has 1 unspecified atom stereocenters. The third kappa shape index (κ3) is 2.66. The van der Waals surface area contributed by atoms with Gasteiger partial charge in [0, 0.05) is 4.88 Å². The van der Waals surface area contributed by atoms with E-state index in [1.54, 1.807) is 23.5 Å². The molecule has 1 N–H and O–H groups in total. The van der Waals surface area contributed by atoms with Crippen molar-refractivity contribution in [1.29, 1.82) is 0 Å². The fraction of sp³-hybridized carbons (Fsp3) is 0.286. The van der Waals surface area contributed by atoms with Crippen molar-refractivity contribution in [3.05, 3.63) is 55.4 Å². The van der Waals surface area contributed by atoms with E-state index in [0.29, 0.717) is 0 Å². The average Bonchev–Trinajstić information content (AvgIpc) is 2.69. The molecule has 0 fully saturated rings. The largest absolute Gasteiger partial charge is 0.309 e. The Morgan fingerprint density at radius 2 is 1.83 bits per heavy atom. The highest BCUT2D eigenvalue weighted by molar-refractivity contribution is 9.11. The predicted molar refractivity (Wildman–Crippen MR) is 78.8 cm³/mol. The van der Waals surface area contributed by atoms with Gasteiger partial charge in [-0.05, 0) is 77.8 Å². The van der Waals surface area contributed by atoms with Crippen molar-refractivity contribution in [2.75, 3.05) is 7.05 Å². The van der Waals surface area contributed by atoms with Crippen LogP contribution in [0.4, 0.5) is 4.39 Å². The number of thiophene rings is 1. The number of hydrogen-bond donors (Lipinski definition) is 1. The normalized spacial score (nSPS) is 12.7. The maximum Gasteiger partial charge on any atom is 0.123 e. The summed E-state index contributed by atoms with van der Waals surface area (Å²) in [6, 6.07) is 7.43. The van der Waals surface area contributed by atoms with E-state index in [0.717, 1.165) is 20.5 Å². The third-order valence-corrected chi connectivity index (χ3v) is 4.70. The number of benzene rings is 1. The van der Waals surface area contributed by atoms with Crippen LogP contribution in [0.25, 0.3) is 0 Å². The summed E-state index contributed by atoms with van der Waals surface area (Å²) in [4.78, 5) is 1.22. The monoisotopic (exact) mass is 327 g/mol. The van der Waals surface area contributed by atoms with Crippen LogP contribution >= 0.6 is 27.3 Å². The molecule has 0 saturated heterocycles. The topological polar surface area (TPSA) is 12.0 Å². The van der Waals surface area contributed by atoms with E-state index in [4.69, 9.17) is 0 Å². The number of hydrogen-bond acceptors (Lipinski definition) is 2. The molecule has 96 valence electrons. The van der Waals surface area contributed by atoms with Crippen LogP contribution in [0.5, 0.6) is 0 Å². The molecule has 1 atom stereocenters. The van der Waals surface area contributed by atoms with Crippen LogP contribution in [0.15, 0.2) is 28.1 Å². The molecule has 0 aliphatic carbocycles. The summed E-state index contributed by atoms with van der Waals surface area (Å²) in [6.07, 6.45) is 0. The van der Waals surface area contributed by atoms with Gasteiger partial charge in [-0.3, -0.25) is 0 Å². The zero-order chi connectivity index (χ0) is 13.3. The molecule has 0 aliphatic heterocycles. The summed E-state index contributed by atoms with van der Waals surface area (Å²) in [5, 5.41) is 3.32. The van der Waals surface area contributed by atoms with Gasteiger partial charge < -0.3 is 5.32 Å². The number of aryl methyl sites for hydroxylation is 2. The van der Waals surface area contributed by atoms with Crippen molar-refractivity contribution in [2.24, 2.45) is 0 Å². The summed E-state index contributed by atoms with van der Waals surface area (Å²) in [6.45, 7) is 3.91. The Morgan fingerprint density at radius 1 is 1.22 bits per heavy atom. The van der Waals surface area contributed by atoms with Crippen molar-refractivity contribution < 1.29 is 4.39 Å². The fourth-order valence-electron chi connectivity index (χ4n) is 2.29. The van der Waals surface area contributed by atoms with Gasteiger partial charge in [0.1, 0.15) is 5.82 Å². The van der Waals surface area contributed by atoms with E-state index >= 15 is 0 Å². The molecular formula is C14H15BrFNS. The molecule has 2 aromatic rings. The molecule has 1 aromatic carbocycles. The van der Waals surface area contributed by atoms with Crippen LogP contribution < -0.4 is 5.32 Å². The van der Waals surface area contributed by atoms with E-state index < -0.39 is 0 Å². The molecule has 0 saturated carbocycles. The van der Waals surface area contributed by atoms with Crippen molar-refractivity contribution in [3.63, 3.8) is 0 Å². The lowest BCUT2D eigenvalue weighted by atomic mass is 9.95. The van der Waals surface area contributed by atoms with Crippen molar-refractivity contribution in [2.45, 2.75) is 19.9 Å². The Bertz CT molecular complexity index is 542. The molecule has 0 spiro atoms. The molecule has 18 heavy (non-hydrogen) atoms. The number of nitrogens with one attached hydrogen (secondary N) is 1. The number of halogens is 2. The second kappa shape index (κ2) is 5.51. The van der Waals surface area contributed by atoms with Crippen LogP contribution in [0.2, 0.25) is 0 Å². The van der Waals surface area contributed by atoms with Crippen molar-refractivity contribution >= 4 is 27.3 Å². The van der Waals surface area contributed by atoms with Crippen LogP contribution in [-0.2, 0) is 0 Å². The predicted octanol–water partition coefficient (Wildman–Crippen LogP) is 4.58. The molecule has 4 heteroatoms. The lowest BCUT2D eigenvalue weighted by molar-refractivity contribution is 0.619. The smallest absolute Gasteiger partial charge is 0.123 e. The first kappa shape index (κ1) is 13.7. The fourth-order valence-corrected chi connectivity index (χ4v) is 3.83. The Kier molecular flexibility index (Phi) is 4.20. The molecule has 0 aliphatic rings. The highest BCUT2D eigenvalue weighted by Gasteiger charge is 2.18. The minimum absolute atomic E-state index is 0.113. The van der Waals surface area contributed by atoms with Gasteiger partial charge in [-0.15, -0.1) is 11.3 Å². The van der Waals surface area contributed by atoms with Gasteiger partial charge in [-0.1, -0.05) is 0 Å². The van der Waals surface area contributed by atoms with Gasteiger partial charge in [0.15, 0.2) is 0 Å². The minimum atomic E-state index is -0.170. The van der Waals surface area contributed by atoms with Gasteiger partial charge in [0.05, 0.1) is 9.83 Å². The van der Waals surface area contributed by atoms with Gasteiger partial charge in [-0.25, -0.2) is 4.39 Å². The first-order valence-electron chi connectivity index (χ1n) is 5.72. The standard InChI is InChI=1S/C14H15BrFNS/c1-8-6-10(16)7-9(2)13(8)14(17-3)11-4-5-12(15)18-11/h4-7,14,17H,1-3H3. The summed E-state index contributed by atoms with van der Waals surface area (Å²) < 4.78 is 14.5. The first-order valence-corrected chi connectivity index (χ1v) is 7.33. The summed E-state index contributed by atoms with van der Waals surface area (Å²) in [7, 11) is 1.93. The second-order valence-corrected chi connectivity index (χ2v) is 6.81. The molecule has 0 bridgehead atoms. The average molecular weight is 328 g/mol. The molecule has 0 radical (unpaired) electrons. The van der Waals surface area contributed by atoms with Gasteiger partial charge >= 0.3 is 0 Å². The maximum atomic E-state index is 13.4. The highest BCUT2D eigenvalue weighted by Crippen LogP contribution is 2.34. The van der Waals surface area contributed by atoms with Gasteiger partial charge in [0.25, 0.3) is 0 Å². The SMILES string of the molecule is CNC(c1ccc(Br)s1)c1c(C)cc(F)cc1C. The molecule has 1 heterocycles. The van der Waals surface area contributed by atoms with E-state index in [9.17, 15) is 4.39 Å². The van der Waals surface area contributed by atoms with E-state index in [1.165, 1.54) is 4.88 Å². The molecule has 1 aromatic heterocycles. The Hall–Kier alpha value is -0.710. The zero-order valence-corrected chi connectivity index (χ0v) is 13.0. The minimum Gasteiger partial charge on any atom is -0.309 e. The van der Waals surface area contributed by atoms with Crippen LogP contribution in [0.1, 0.15) is 27.6 Å². The van der Waals surface area contributed by atoms with Crippen LogP contribution in [0.3, 0.4) is 0 Å². The first-order chi connectivity index (χ1) is 8.52. The van der Waals surface area contributed by atoms with Crippen LogP contribution in [-0.4, -0.2) is 7.05 Å². The maximum absolute atomic E-state index is 13.4.